The Morgan fingerprint density at radius 1 is 1.30 bits per heavy atom. The lowest BCUT2D eigenvalue weighted by molar-refractivity contribution is -0.116. The maximum atomic E-state index is 12.3. The summed E-state index contributed by atoms with van der Waals surface area (Å²) in [5.41, 5.74) is 0.607. The number of thiophene rings is 1. The van der Waals surface area contributed by atoms with Crippen molar-refractivity contribution >= 4 is 50.7 Å². The summed E-state index contributed by atoms with van der Waals surface area (Å²) < 4.78 is 1.41. The predicted molar refractivity (Wildman–Crippen MR) is 107 cm³/mol. The maximum absolute atomic E-state index is 12.3. The number of aromatic nitrogens is 2. The summed E-state index contributed by atoms with van der Waals surface area (Å²) in [5, 5.41) is 5.39. The highest BCUT2D eigenvalue weighted by Gasteiger charge is 2.14. The summed E-state index contributed by atoms with van der Waals surface area (Å²) >= 11 is 7.46. The third-order valence-electron chi connectivity index (χ3n) is 3.92. The van der Waals surface area contributed by atoms with Crippen molar-refractivity contribution < 1.29 is 9.59 Å². The molecule has 0 unspecified atom stereocenters. The zero-order chi connectivity index (χ0) is 19.6. The molecule has 2 amide bonds. The van der Waals surface area contributed by atoms with Crippen molar-refractivity contribution in [2.45, 2.75) is 13.0 Å². The lowest BCUT2D eigenvalue weighted by Gasteiger charge is -2.13. The van der Waals surface area contributed by atoms with Gasteiger partial charge in [0.05, 0.1) is 22.3 Å². The normalized spacial score (nSPS) is 10.8. The fourth-order valence-corrected chi connectivity index (χ4v) is 3.43. The molecule has 7 nitrogen and oxygen atoms in total. The second kappa shape index (κ2) is 7.89. The molecule has 2 heterocycles. The minimum absolute atomic E-state index is 0.0941. The average Bonchev–Trinajstić information content (AvgIpc) is 3.11. The number of nitrogens with one attached hydrogen (secondary N) is 1. The predicted octanol–water partition coefficient (Wildman–Crippen LogP) is 2.84. The molecule has 140 valence electrons. The van der Waals surface area contributed by atoms with Crippen molar-refractivity contribution in [3.63, 3.8) is 0 Å². The van der Waals surface area contributed by atoms with E-state index in [4.69, 9.17) is 11.6 Å². The molecule has 3 aromatic rings. The molecule has 0 saturated carbocycles. The van der Waals surface area contributed by atoms with E-state index >= 15 is 0 Å². The molecule has 3 rings (SSSR count). The first-order valence-corrected chi connectivity index (χ1v) is 9.36. The van der Waals surface area contributed by atoms with Crippen LogP contribution >= 0.6 is 22.9 Å². The Hall–Kier alpha value is -2.71. The van der Waals surface area contributed by atoms with Crippen molar-refractivity contribution in [2.75, 3.05) is 19.4 Å². The molecule has 2 aromatic heterocycles. The quantitative estimate of drug-likeness (QED) is 0.708. The Balaban J connectivity index is 1.69. The SMILES string of the molecule is CN(C)C(=O)c1cc(NC(=O)CCn2cnc3sccc3c2=O)ccc1Cl. The minimum Gasteiger partial charge on any atom is -0.345 e. The lowest BCUT2D eigenvalue weighted by Crippen LogP contribution is -2.24. The Labute approximate surface area is 164 Å². The molecule has 27 heavy (non-hydrogen) atoms. The van der Waals surface area contributed by atoms with Crippen LogP contribution in [0.1, 0.15) is 16.8 Å². The van der Waals surface area contributed by atoms with Crippen LogP contribution in [0.25, 0.3) is 10.2 Å². The number of nitrogens with zero attached hydrogens (tertiary/aromatic N) is 3. The van der Waals surface area contributed by atoms with Gasteiger partial charge in [-0.2, -0.15) is 0 Å². The van der Waals surface area contributed by atoms with Crippen LogP contribution in [-0.4, -0.2) is 40.4 Å². The van der Waals surface area contributed by atoms with Crippen LogP contribution in [0.15, 0.2) is 40.8 Å². The molecular weight excluding hydrogens is 388 g/mol. The molecule has 1 N–H and O–H groups in total. The van der Waals surface area contributed by atoms with E-state index in [1.54, 1.807) is 32.3 Å². The van der Waals surface area contributed by atoms with Gasteiger partial charge in [0.1, 0.15) is 4.83 Å². The molecule has 0 saturated heterocycles. The number of benzene rings is 1. The monoisotopic (exact) mass is 404 g/mol. The van der Waals surface area contributed by atoms with E-state index in [0.717, 1.165) is 0 Å². The third-order valence-corrected chi connectivity index (χ3v) is 5.07. The number of carbonyl (C=O) groups is 2. The number of hydrogen-bond acceptors (Lipinski definition) is 5. The van der Waals surface area contributed by atoms with Crippen LogP contribution in [0.2, 0.25) is 5.02 Å². The number of amides is 2. The fraction of sp³-hybridized carbons (Fsp3) is 0.222. The van der Waals surface area contributed by atoms with Gasteiger partial charge in [-0.05, 0) is 29.6 Å². The van der Waals surface area contributed by atoms with Gasteiger partial charge < -0.3 is 10.2 Å². The summed E-state index contributed by atoms with van der Waals surface area (Å²) in [6, 6.07) is 6.45. The first kappa shape index (κ1) is 19.1. The Morgan fingerprint density at radius 2 is 2.07 bits per heavy atom. The summed E-state index contributed by atoms with van der Waals surface area (Å²) in [6.07, 6.45) is 1.54. The molecule has 0 aliphatic heterocycles. The van der Waals surface area contributed by atoms with Crippen LogP contribution < -0.4 is 10.9 Å². The zero-order valence-corrected chi connectivity index (χ0v) is 16.3. The molecule has 0 bridgehead atoms. The smallest absolute Gasteiger partial charge is 0.262 e. The molecule has 0 spiro atoms. The molecule has 9 heteroatoms. The number of anilines is 1. The maximum Gasteiger partial charge on any atom is 0.262 e. The van der Waals surface area contributed by atoms with Gasteiger partial charge in [-0.1, -0.05) is 11.6 Å². The first-order valence-electron chi connectivity index (χ1n) is 8.10. The number of carbonyl (C=O) groups excluding carboxylic acids is 2. The van der Waals surface area contributed by atoms with Crippen LogP contribution in [-0.2, 0) is 11.3 Å². The van der Waals surface area contributed by atoms with Gasteiger partial charge in [0.2, 0.25) is 5.91 Å². The van der Waals surface area contributed by atoms with Gasteiger partial charge in [-0.3, -0.25) is 19.0 Å². The molecule has 1 aromatic carbocycles. The minimum atomic E-state index is -0.280. The number of hydrogen-bond donors (Lipinski definition) is 1. The zero-order valence-electron chi connectivity index (χ0n) is 14.7. The summed E-state index contributed by atoms with van der Waals surface area (Å²) in [6.45, 7) is 0.209. The van der Waals surface area contributed by atoms with E-state index in [0.29, 0.717) is 26.5 Å². The topological polar surface area (TPSA) is 84.3 Å². The molecule has 0 aliphatic rings. The van der Waals surface area contributed by atoms with E-state index in [2.05, 4.69) is 10.3 Å². The highest BCUT2D eigenvalue weighted by molar-refractivity contribution is 7.16. The summed E-state index contributed by atoms with van der Waals surface area (Å²) in [4.78, 5) is 43.0. The van der Waals surface area contributed by atoms with Crippen molar-refractivity contribution in [3.8, 4) is 0 Å². The van der Waals surface area contributed by atoms with Crippen molar-refractivity contribution in [1.82, 2.24) is 14.5 Å². The largest absolute Gasteiger partial charge is 0.345 e. The number of rotatable bonds is 5. The first-order chi connectivity index (χ1) is 12.9. The van der Waals surface area contributed by atoms with Crippen molar-refractivity contribution in [1.29, 1.82) is 0 Å². The van der Waals surface area contributed by atoms with Gasteiger partial charge in [0.25, 0.3) is 11.5 Å². The number of halogens is 1. The van der Waals surface area contributed by atoms with Gasteiger partial charge in [-0.15, -0.1) is 11.3 Å². The van der Waals surface area contributed by atoms with Crippen molar-refractivity contribution in [3.05, 3.63) is 56.9 Å². The molecule has 0 aliphatic carbocycles. The Morgan fingerprint density at radius 3 is 2.81 bits per heavy atom. The van der Waals surface area contributed by atoms with Gasteiger partial charge in [-0.25, -0.2) is 4.98 Å². The number of fused-ring (bicyclic) bond motifs is 1. The fourth-order valence-electron chi connectivity index (χ4n) is 2.51. The van der Waals surface area contributed by atoms with E-state index in [9.17, 15) is 14.4 Å². The van der Waals surface area contributed by atoms with Gasteiger partial charge in [0.15, 0.2) is 0 Å². The Bertz CT molecular complexity index is 1070. The highest BCUT2D eigenvalue weighted by atomic mass is 35.5. The van der Waals surface area contributed by atoms with E-state index in [-0.39, 0.29) is 30.3 Å². The van der Waals surface area contributed by atoms with Gasteiger partial charge in [0, 0.05) is 32.7 Å². The molecule has 0 radical (unpaired) electrons. The van der Waals surface area contributed by atoms with Crippen LogP contribution in [0.4, 0.5) is 5.69 Å². The van der Waals surface area contributed by atoms with E-state index < -0.39 is 0 Å². The molecule has 0 atom stereocenters. The van der Waals surface area contributed by atoms with Gasteiger partial charge >= 0.3 is 0 Å². The third kappa shape index (κ3) is 4.17. The second-order valence-corrected chi connectivity index (χ2v) is 7.38. The van der Waals surface area contributed by atoms with E-state index in [1.807, 2.05) is 5.38 Å². The highest BCUT2D eigenvalue weighted by Crippen LogP contribution is 2.22. The van der Waals surface area contributed by atoms with E-state index in [1.165, 1.54) is 33.2 Å². The molecule has 0 fully saturated rings. The summed E-state index contributed by atoms with van der Waals surface area (Å²) in [7, 11) is 3.25. The number of aryl methyl sites for hydroxylation is 1. The average molecular weight is 405 g/mol. The Kier molecular flexibility index (Phi) is 5.57. The standard InChI is InChI=1S/C18H17ClN4O3S/c1-22(2)17(25)13-9-11(3-4-14(13)19)21-15(24)5-7-23-10-20-16-12(18(23)26)6-8-27-16/h3-4,6,8-10H,5,7H2,1-2H3,(H,21,24). The van der Waals surface area contributed by atoms with Crippen molar-refractivity contribution in [2.24, 2.45) is 0 Å². The van der Waals surface area contributed by atoms with Crippen LogP contribution in [0.5, 0.6) is 0 Å². The second-order valence-electron chi connectivity index (χ2n) is 6.07. The van der Waals surface area contributed by atoms with Crippen LogP contribution in [0, 0.1) is 0 Å². The molecular formula is C18H17ClN4O3S. The van der Waals surface area contributed by atoms with Crippen LogP contribution in [0.3, 0.4) is 0 Å². The lowest BCUT2D eigenvalue weighted by atomic mass is 10.1. The summed E-state index contributed by atoms with van der Waals surface area (Å²) in [5.74, 6) is -0.532.